The lowest BCUT2D eigenvalue weighted by Crippen LogP contribution is -2.37. The molecule has 1 rings (SSSR count). The lowest BCUT2D eigenvalue weighted by atomic mass is 10.3. The highest BCUT2D eigenvalue weighted by atomic mass is 32.2. The summed E-state index contributed by atoms with van der Waals surface area (Å²) in [5.74, 6) is 0.314. The van der Waals surface area contributed by atoms with Crippen LogP contribution in [0.2, 0.25) is 0 Å². The molecule has 1 atom stereocenters. The summed E-state index contributed by atoms with van der Waals surface area (Å²) in [5.41, 5.74) is 0.916. The maximum atomic E-state index is 11.5. The Balaban J connectivity index is 2.50. The lowest BCUT2D eigenvalue weighted by molar-refractivity contribution is -0.144. The number of carbonyl (C=O) groups is 1. The minimum atomic E-state index is -0.330. The van der Waals surface area contributed by atoms with Gasteiger partial charge in [0.25, 0.3) is 0 Å². The first-order valence-electron chi connectivity index (χ1n) is 5.43. The Kier molecular flexibility index (Phi) is 5.93. The second-order valence-corrected chi connectivity index (χ2v) is 4.37. The molecule has 1 aromatic heterocycles. The van der Waals surface area contributed by atoms with E-state index in [1.54, 1.807) is 20.2 Å². The van der Waals surface area contributed by atoms with E-state index in [-0.39, 0.29) is 12.0 Å². The van der Waals surface area contributed by atoms with Crippen molar-refractivity contribution in [1.29, 1.82) is 0 Å². The highest BCUT2D eigenvalue weighted by molar-refractivity contribution is 7.99. The van der Waals surface area contributed by atoms with Gasteiger partial charge in [0.15, 0.2) is 5.16 Å². The zero-order valence-electron chi connectivity index (χ0n) is 10.3. The summed E-state index contributed by atoms with van der Waals surface area (Å²) in [6, 6.07) is 1.51. The Morgan fingerprint density at radius 3 is 3.00 bits per heavy atom. The largest absolute Gasteiger partial charge is 0.465 e. The van der Waals surface area contributed by atoms with Crippen molar-refractivity contribution in [2.24, 2.45) is 0 Å². The number of likely N-dealkylation sites (N-methyl/N-ethyl adjacent to an activating group) is 1. The van der Waals surface area contributed by atoms with Gasteiger partial charge < -0.3 is 10.1 Å². The van der Waals surface area contributed by atoms with E-state index >= 15 is 0 Å². The highest BCUT2D eigenvalue weighted by Gasteiger charge is 2.18. The SMILES string of the molecule is CCOC(=O)C(CSc1nccc(C)n1)NC. The Bertz CT molecular complexity index is 373. The molecule has 0 saturated heterocycles. The van der Waals surface area contributed by atoms with Crippen LogP contribution in [0.4, 0.5) is 0 Å². The van der Waals surface area contributed by atoms with Crippen LogP contribution in [0.1, 0.15) is 12.6 Å². The molecule has 5 nitrogen and oxygen atoms in total. The standard InChI is InChI=1S/C11H17N3O2S/c1-4-16-10(15)9(12-3)7-17-11-13-6-5-8(2)14-11/h5-6,9,12H,4,7H2,1-3H3. The second kappa shape index (κ2) is 7.24. The van der Waals surface area contributed by atoms with Crippen molar-refractivity contribution in [3.05, 3.63) is 18.0 Å². The number of aromatic nitrogens is 2. The number of aryl methyl sites for hydroxylation is 1. The molecule has 1 heterocycles. The molecular formula is C11H17N3O2S. The fourth-order valence-corrected chi connectivity index (χ4v) is 2.13. The number of nitrogens with one attached hydrogen (secondary N) is 1. The van der Waals surface area contributed by atoms with E-state index < -0.39 is 0 Å². The van der Waals surface area contributed by atoms with Crippen LogP contribution >= 0.6 is 11.8 Å². The third-order valence-electron chi connectivity index (χ3n) is 2.07. The molecule has 0 saturated carbocycles. The van der Waals surface area contributed by atoms with E-state index in [2.05, 4.69) is 15.3 Å². The molecule has 6 heteroatoms. The molecule has 0 radical (unpaired) electrons. The van der Waals surface area contributed by atoms with Gasteiger partial charge in [0.05, 0.1) is 6.61 Å². The Morgan fingerprint density at radius 1 is 1.65 bits per heavy atom. The van der Waals surface area contributed by atoms with E-state index in [0.29, 0.717) is 17.5 Å². The van der Waals surface area contributed by atoms with E-state index in [1.807, 2.05) is 13.0 Å². The Labute approximate surface area is 105 Å². The van der Waals surface area contributed by atoms with Gasteiger partial charge in [-0.05, 0) is 27.0 Å². The molecule has 0 aliphatic heterocycles. The zero-order valence-corrected chi connectivity index (χ0v) is 11.1. The van der Waals surface area contributed by atoms with Gasteiger partial charge in [-0.3, -0.25) is 4.79 Å². The summed E-state index contributed by atoms with van der Waals surface area (Å²) in [4.78, 5) is 19.9. The van der Waals surface area contributed by atoms with Crippen LogP contribution in [0.25, 0.3) is 0 Å². The number of ether oxygens (including phenoxy) is 1. The maximum absolute atomic E-state index is 11.5. The van der Waals surface area contributed by atoms with E-state index in [0.717, 1.165) is 5.69 Å². The molecule has 17 heavy (non-hydrogen) atoms. The molecule has 0 amide bonds. The first-order chi connectivity index (χ1) is 8.17. The lowest BCUT2D eigenvalue weighted by Gasteiger charge is -2.13. The van der Waals surface area contributed by atoms with Crippen LogP contribution in [0.3, 0.4) is 0 Å². The van der Waals surface area contributed by atoms with Gasteiger partial charge in [-0.15, -0.1) is 0 Å². The summed E-state index contributed by atoms with van der Waals surface area (Å²) in [6.45, 7) is 4.09. The normalized spacial score (nSPS) is 12.2. The minimum Gasteiger partial charge on any atom is -0.465 e. The van der Waals surface area contributed by atoms with Crippen molar-refractivity contribution in [2.75, 3.05) is 19.4 Å². The predicted octanol–water partition coefficient (Wildman–Crippen LogP) is 1.03. The summed E-state index contributed by atoms with van der Waals surface area (Å²) >= 11 is 1.44. The van der Waals surface area contributed by atoms with Crippen LogP contribution in [-0.2, 0) is 9.53 Å². The average Bonchev–Trinajstić information content (AvgIpc) is 2.30. The summed E-state index contributed by atoms with van der Waals surface area (Å²) < 4.78 is 4.95. The third kappa shape index (κ3) is 4.70. The zero-order chi connectivity index (χ0) is 12.7. The first kappa shape index (κ1) is 13.9. The molecule has 0 spiro atoms. The van der Waals surface area contributed by atoms with E-state index in [4.69, 9.17) is 4.74 Å². The molecule has 0 aromatic carbocycles. The van der Waals surface area contributed by atoms with Crippen LogP contribution in [-0.4, -0.2) is 41.4 Å². The molecule has 1 aromatic rings. The molecule has 0 aliphatic carbocycles. The molecule has 0 fully saturated rings. The summed E-state index contributed by atoms with van der Waals surface area (Å²) in [5, 5.41) is 3.60. The van der Waals surface area contributed by atoms with E-state index in [1.165, 1.54) is 11.8 Å². The van der Waals surface area contributed by atoms with Gasteiger partial charge >= 0.3 is 5.97 Å². The summed E-state index contributed by atoms with van der Waals surface area (Å²) in [7, 11) is 1.74. The van der Waals surface area contributed by atoms with Crippen molar-refractivity contribution >= 4 is 17.7 Å². The van der Waals surface area contributed by atoms with Gasteiger partial charge in [-0.25, -0.2) is 9.97 Å². The number of hydrogen-bond donors (Lipinski definition) is 1. The number of rotatable bonds is 6. The topological polar surface area (TPSA) is 64.1 Å². The number of esters is 1. The number of hydrogen-bond acceptors (Lipinski definition) is 6. The molecule has 0 aliphatic rings. The first-order valence-corrected chi connectivity index (χ1v) is 6.42. The van der Waals surface area contributed by atoms with Gasteiger partial charge in [0.1, 0.15) is 6.04 Å². The monoisotopic (exact) mass is 255 g/mol. The van der Waals surface area contributed by atoms with Gasteiger partial charge in [-0.2, -0.15) is 0 Å². The van der Waals surface area contributed by atoms with Crippen molar-refractivity contribution in [2.45, 2.75) is 25.0 Å². The summed E-state index contributed by atoms with van der Waals surface area (Å²) in [6.07, 6.45) is 1.71. The second-order valence-electron chi connectivity index (χ2n) is 3.38. The quantitative estimate of drug-likeness (QED) is 0.465. The van der Waals surface area contributed by atoms with Crippen LogP contribution < -0.4 is 5.32 Å². The molecular weight excluding hydrogens is 238 g/mol. The average molecular weight is 255 g/mol. The molecule has 94 valence electrons. The fourth-order valence-electron chi connectivity index (χ4n) is 1.17. The van der Waals surface area contributed by atoms with Crippen molar-refractivity contribution in [3.63, 3.8) is 0 Å². The highest BCUT2D eigenvalue weighted by Crippen LogP contribution is 2.14. The van der Waals surface area contributed by atoms with Crippen molar-refractivity contribution in [1.82, 2.24) is 15.3 Å². The number of thioether (sulfide) groups is 1. The molecule has 1 unspecified atom stereocenters. The Hall–Kier alpha value is -1.14. The van der Waals surface area contributed by atoms with Gasteiger partial charge in [0.2, 0.25) is 0 Å². The molecule has 0 bridgehead atoms. The Morgan fingerprint density at radius 2 is 2.41 bits per heavy atom. The molecule has 1 N–H and O–H groups in total. The van der Waals surface area contributed by atoms with E-state index in [9.17, 15) is 4.79 Å². The van der Waals surface area contributed by atoms with Crippen molar-refractivity contribution < 1.29 is 9.53 Å². The fraction of sp³-hybridized carbons (Fsp3) is 0.545. The smallest absolute Gasteiger partial charge is 0.323 e. The minimum absolute atomic E-state index is 0.241. The van der Waals surface area contributed by atoms with Crippen LogP contribution in [0.15, 0.2) is 17.4 Å². The van der Waals surface area contributed by atoms with Crippen LogP contribution in [0, 0.1) is 6.92 Å². The number of carbonyl (C=O) groups excluding carboxylic acids is 1. The van der Waals surface area contributed by atoms with Crippen LogP contribution in [0.5, 0.6) is 0 Å². The van der Waals surface area contributed by atoms with Crippen molar-refractivity contribution in [3.8, 4) is 0 Å². The number of nitrogens with zero attached hydrogens (tertiary/aromatic N) is 2. The van der Waals surface area contributed by atoms with Gasteiger partial charge in [-0.1, -0.05) is 11.8 Å². The van der Waals surface area contributed by atoms with Gasteiger partial charge in [0, 0.05) is 17.6 Å². The maximum Gasteiger partial charge on any atom is 0.323 e. The predicted molar refractivity (Wildman–Crippen MR) is 67.0 cm³/mol. The third-order valence-corrected chi connectivity index (χ3v) is 3.03.